The van der Waals surface area contributed by atoms with Crippen molar-refractivity contribution in [1.82, 2.24) is 15.8 Å². The summed E-state index contributed by atoms with van der Waals surface area (Å²) in [6.45, 7) is 5.25. The van der Waals surface area contributed by atoms with E-state index in [1.165, 1.54) is 4.88 Å². The van der Waals surface area contributed by atoms with Crippen LogP contribution in [0.15, 0.2) is 25.4 Å². The van der Waals surface area contributed by atoms with Gasteiger partial charge in [0.05, 0.1) is 16.0 Å². The number of nitrogens with one attached hydrogen (secondary N) is 2. The molecule has 20 heavy (non-hydrogen) atoms. The first-order valence-corrected chi connectivity index (χ1v) is 7.81. The summed E-state index contributed by atoms with van der Waals surface area (Å²) in [5.41, 5.74) is 1.99. The number of aryl methyl sites for hydroxylation is 2. The Morgan fingerprint density at radius 3 is 2.65 bits per heavy atom. The Bertz CT molecular complexity index is 586. The van der Waals surface area contributed by atoms with Crippen LogP contribution in [0.2, 0.25) is 0 Å². The lowest BCUT2D eigenvalue weighted by Crippen LogP contribution is -2.36. The van der Waals surface area contributed by atoms with Gasteiger partial charge in [0, 0.05) is 24.0 Å². The number of rotatable bonds is 4. The molecule has 0 aliphatic heterocycles. The SMILES string of the molecule is CN=C(NCc1ccc(Br)s1)NCc1c(C)noc1C. The van der Waals surface area contributed by atoms with E-state index in [1.807, 2.05) is 19.9 Å². The summed E-state index contributed by atoms with van der Waals surface area (Å²) < 4.78 is 6.27. The third-order valence-corrected chi connectivity index (χ3v) is 4.52. The van der Waals surface area contributed by atoms with Crippen LogP contribution in [0.3, 0.4) is 0 Å². The van der Waals surface area contributed by atoms with Crippen molar-refractivity contribution in [2.24, 2.45) is 4.99 Å². The van der Waals surface area contributed by atoms with Gasteiger partial charge in [-0.3, -0.25) is 4.99 Å². The van der Waals surface area contributed by atoms with Gasteiger partial charge in [-0.05, 0) is 41.9 Å². The standard InChI is InChI=1S/C13H17BrN4OS/c1-8-11(9(2)19-18-8)7-17-13(15-3)16-6-10-4-5-12(14)20-10/h4-5H,6-7H2,1-3H3,(H2,15,16,17). The van der Waals surface area contributed by atoms with Gasteiger partial charge in [0.2, 0.25) is 0 Å². The van der Waals surface area contributed by atoms with Gasteiger partial charge in [-0.1, -0.05) is 5.16 Å². The molecule has 0 atom stereocenters. The highest BCUT2D eigenvalue weighted by molar-refractivity contribution is 9.11. The Balaban J connectivity index is 1.87. The van der Waals surface area contributed by atoms with E-state index in [0.29, 0.717) is 6.54 Å². The lowest BCUT2D eigenvalue weighted by Gasteiger charge is -2.10. The van der Waals surface area contributed by atoms with Gasteiger partial charge in [-0.25, -0.2) is 0 Å². The summed E-state index contributed by atoms with van der Waals surface area (Å²) in [5, 5.41) is 10.5. The van der Waals surface area contributed by atoms with Crippen LogP contribution in [0.25, 0.3) is 0 Å². The molecule has 0 fully saturated rings. The Kier molecular flexibility index (Phi) is 5.19. The Morgan fingerprint density at radius 1 is 1.35 bits per heavy atom. The molecule has 0 spiro atoms. The maximum atomic E-state index is 5.14. The van der Waals surface area contributed by atoms with Crippen LogP contribution < -0.4 is 10.6 Å². The second-order valence-corrected chi connectivity index (χ2v) is 6.84. The molecule has 0 bridgehead atoms. The molecule has 0 unspecified atom stereocenters. The van der Waals surface area contributed by atoms with Crippen LogP contribution in [0.1, 0.15) is 21.9 Å². The third-order valence-electron chi connectivity index (χ3n) is 2.90. The number of hydrogen-bond acceptors (Lipinski definition) is 4. The Morgan fingerprint density at radius 2 is 2.10 bits per heavy atom. The van der Waals surface area contributed by atoms with Crippen LogP contribution >= 0.6 is 27.3 Å². The van der Waals surface area contributed by atoms with Crippen molar-refractivity contribution < 1.29 is 4.52 Å². The molecule has 0 saturated heterocycles. The zero-order valence-electron chi connectivity index (χ0n) is 11.7. The van der Waals surface area contributed by atoms with Crippen LogP contribution in [0, 0.1) is 13.8 Å². The van der Waals surface area contributed by atoms with Crippen LogP contribution in [0.4, 0.5) is 0 Å². The average Bonchev–Trinajstić information content (AvgIpc) is 2.98. The second-order valence-electron chi connectivity index (χ2n) is 4.29. The molecule has 2 heterocycles. The molecule has 0 saturated carbocycles. The van der Waals surface area contributed by atoms with E-state index in [9.17, 15) is 0 Å². The van der Waals surface area contributed by atoms with E-state index in [1.54, 1.807) is 18.4 Å². The molecule has 7 heteroatoms. The number of aliphatic imine (C=N–C) groups is 1. The van der Waals surface area contributed by atoms with Gasteiger partial charge in [-0.15, -0.1) is 11.3 Å². The predicted molar refractivity (Wildman–Crippen MR) is 85.0 cm³/mol. The number of halogens is 1. The topological polar surface area (TPSA) is 62.5 Å². The van der Waals surface area contributed by atoms with Crippen molar-refractivity contribution in [3.8, 4) is 0 Å². The minimum absolute atomic E-state index is 0.648. The predicted octanol–water partition coefficient (Wildman–Crippen LogP) is 2.98. The minimum Gasteiger partial charge on any atom is -0.361 e. The van der Waals surface area contributed by atoms with Gasteiger partial charge >= 0.3 is 0 Å². The van der Waals surface area contributed by atoms with E-state index in [0.717, 1.165) is 33.3 Å². The molecule has 0 radical (unpaired) electrons. The summed E-state index contributed by atoms with van der Waals surface area (Å²) in [4.78, 5) is 5.45. The van der Waals surface area contributed by atoms with E-state index >= 15 is 0 Å². The molecule has 108 valence electrons. The van der Waals surface area contributed by atoms with Crippen LogP contribution in [-0.4, -0.2) is 18.2 Å². The summed E-state index contributed by atoms with van der Waals surface area (Å²) >= 11 is 5.16. The molecule has 5 nitrogen and oxygen atoms in total. The highest BCUT2D eigenvalue weighted by Crippen LogP contribution is 2.21. The fourth-order valence-electron chi connectivity index (χ4n) is 1.76. The molecule has 0 aliphatic rings. The lowest BCUT2D eigenvalue weighted by atomic mass is 10.2. The Labute approximate surface area is 130 Å². The van der Waals surface area contributed by atoms with E-state index in [2.05, 4.69) is 42.8 Å². The monoisotopic (exact) mass is 356 g/mol. The molecular weight excluding hydrogens is 340 g/mol. The maximum Gasteiger partial charge on any atom is 0.191 e. The number of nitrogens with zero attached hydrogens (tertiary/aromatic N) is 2. The largest absolute Gasteiger partial charge is 0.361 e. The zero-order chi connectivity index (χ0) is 14.5. The Hall–Kier alpha value is -1.34. The summed E-state index contributed by atoms with van der Waals surface area (Å²) in [7, 11) is 1.76. The van der Waals surface area contributed by atoms with Crippen molar-refractivity contribution in [3.05, 3.63) is 37.8 Å². The lowest BCUT2D eigenvalue weighted by molar-refractivity contribution is 0.392. The molecule has 0 amide bonds. The van der Waals surface area contributed by atoms with Crippen molar-refractivity contribution in [2.45, 2.75) is 26.9 Å². The van der Waals surface area contributed by atoms with E-state index in [-0.39, 0.29) is 0 Å². The molecule has 2 N–H and O–H groups in total. The zero-order valence-corrected chi connectivity index (χ0v) is 14.1. The smallest absolute Gasteiger partial charge is 0.191 e. The third kappa shape index (κ3) is 3.83. The van der Waals surface area contributed by atoms with Crippen molar-refractivity contribution in [3.63, 3.8) is 0 Å². The quantitative estimate of drug-likeness (QED) is 0.652. The molecule has 2 aromatic heterocycles. The highest BCUT2D eigenvalue weighted by atomic mass is 79.9. The van der Waals surface area contributed by atoms with Crippen LogP contribution in [0.5, 0.6) is 0 Å². The van der Waals surface area contributed by atoms with Crippen LogP contribution in [-0.2, 0) is 13.1 Å². The van der Waals surface area contributed by atoms with Crippen molar-refractivity contribution >= 4 is 33.2 Å². The first-order valence-electron chi connectivity index (χ1n) is 6.20. The van der Waals surface area contributed by atoms with Gasteiger partial charge in [0.1, 0.15) is 5.76 Å². The fraction of sp³-hybridized carbons (Fsp3) is 0.385. The number of guanidine groups is 1. The highest BCUT2D eigenvalue weighted by Gasteiger charge is 2.09. The van der Waals surface area contributed by atoms with Gasteiger partial charge in [0.25, 0.3) is 0 Å². The number of hydrogen-bond donors (Lipinski definition) is 2. The summed E-state index contributed by atoms with van der Waals surface area (Å²) in [5.74, 6) is 1.60. The first kappa shape index (κ1) is 15.1. The molecule has 0 aromatic carbocycles. The summed E-state index contributed by atoms with van der Waals surface area (Å²) in [6, 6.07) is 4.13. The maximum absolute atomic E-state index is 5.14. The van der Waals surface area contributed by atoms with E-state index in [4.69, 9.17) is 4.52 Å². The molecular formula is C13H17BrN4OS. The summed E-state index contributed by atoms with van der Waals surface area (Å²) in [6.07, 6.45) is 0. The van der Waals surface area contributed by atoms with Crippen molar-refractivity contribution in [1.29, 1.82) is 0 Å². The second kappa shape index (κ2) is 6.90. The van der Waals surface area contributed by atoms with E-state index < -0.39 is 0 Å². The number of thiophene rings is 1. The normalized spacial score (nSPS) is 11.7. The number of aromatic nitrogens is 1. The molecule has 2 aromatic rings. The average molecular weight is 357 g/mol. The van der Waals surface area contributed by atoms with Crippen molar-refractivity contribution in [2.75, 3.05) is 7.05 Å². The minimum atomic E-state index is 0.648. The van der Waals surface area contributed by atoms with Gasteiger partial charge in [-0.2, -0.15) is 0 Å². The fourth-order valence-corrected chi connectivity index (χ4v) is 3.19. The molecule has 0 aliphatic carbocycles. The molecule has 2 rings (SSSR count). The van der Waals surface area contributed by atoms with Gasteiger partial charge < -0.3 is 15.2 Å². The first-order chi connectivity index (χ1) is 9.60. The van der Waals surface area contributed by atoms with Gasteiger partial charge in [0.15, 0.2) is 5.96 Å².